The van der Waals surface area contributed by atoms with Gasteiger partial charge in [-0.05, 0) is 85.3 Å². The van der Waals surface area contributed by atoms with E-state index in [4.69, 9.17) is 19.9 Å². The minimum atomic E-state index is 0. The SMILES string of the molecule is CCC1=C(CC)c2cc3[n-]c(c(/C=C/C=N/O)c4nc(cc5[n-]c(cc1n2)c(CC)c5CC)C(CC)=C4CC)c(CC)c3CC.[Ni+2]. The predicted molar refractivity (Wildman–Crippen MR) is 191 cm³/mol. The van der Waals surface area contributed by atoms with Gasteiger partial charge in [0.25, 0.3) is 0 Å². The number of nitrogens with zero attached hydrogens (tertiary/aromatic N) is 5. The van der Waals surface area contributed by atoms with Gasteiger partial charge in [0, 0.05) is 0 Å². The zero-order chi connectivity index (χ0) is 32.2. The molecule has 8 bridgehead atoms. The van der Waals surface area contributed by atoms with Gasteiger partial charge in [-0.2, -0.15) is 0 Å². The minimum Gasteiger partial charge on any atom is -0.657 e. The number of hydrogen-bond donors (Lipinski definition) is 1. The maximum Gasteiger partial charge on any atom is 2.00 e. The van der Waals surface area contributed by atoms with Crippen molar-refractivity contribution in [2.45, 2.75) is 107 Å². The van der Waals surface area contributed by atoms with E-state index in [-0.39, 0.29) is 16.5 Å². The first-order valence-electron chi connectivity index (χ1n) is 16.9. The molecule has 0 fully saturated rings. The average molecular weight is 661 g/mol. The molecule has 1 N–H and O–H groups in total. The number of allylic oxidation sites excluding steroid dienone is 5. The number of rotatable bonds is 10. The first kappa shape index (κ1) is 35.2. The van der Waals surface area contributed by atoms with E-state index in [0.717, 1.165) is 102 Å². The standard InChI is InChI=1S/C39H47N5O.Ni/c1-9-23-25(11-3)34-21-36-27(13-5)29(15-7)38(43-36)31(18-17-19-40-45)39-30(16-8)28(14-6)37(44-39)22-35-26(12-4)24(10-2)33(42-35)20-32(23)41-34;/h17-22,45H,9-16H2,1-8H3;/q-2;+2/b18-17+,32-20?,33-20?,34-21?,35-22?,36-21?,37-22?,38-31?,39-31?,40-19+;. The van der Waals surface area contributed by atoms with Crippen molar-refractivity contribution in [1.82, 2.24) is 19.9 Å². The van der Waals surface area contributed by atoms with Crippen molar-refractivity contribution < 1.29 is 21.7 Å². The van der Waals surface area contributed by atoms with Crippen molar-refractivity contribution in [3.8, 4) is 0 Å². The molecule has 0 atom stereocenters. The molecule has 0 aromatic carbocycles. The van der Waals surface area contributed by atoms with Gasteiger partial charge in [-0.15, -0.1) is 22.1 Å². The van der Waals surface area contributed by atoms with Gasteiger partial charge in [-0.1, -0.05) is 107 Å². The van der Waals surface area contributed by atoms with E-state index < -0.39 is 0 Å². The third kappa shape index (κ3) is 6.07. The van der Waals surface area contributed by atoms with E-state index >= 15 is 0 Å². The molecule has 0 saturated heterocycles. The molecule has 3 aromatic heterocycles. The van der Waals surface area contributed by atoms with Crippen LogP contribution in [0.5, 0.6) is 0 Å². The molecule has 3 aromatic rings. The van der Waals surface area contributed by atoms with Gasteiger partial charge in [-0.3, -0.25) is 0 Å². The van der Waals surface area contributed by atoms with Crippen molar-refractivity contribution in [3.63, 3.8) is 0 Å². The zero-order valence-electron chi connectivity index (χ0n) is 28.6. The molecule has 6 nitrogen and oxygen atoms in total. The largest absolute Gasteiger partial charge is 2.00 e. The number of oxime groups is 1. The molecule has 7 heteroatoms. The molecule has 0 unspecified atom stereocenters. The Morgan fingerprint density at radius 3 is 1.48 bits per heavy atom. The van der Waals surface area contributed by atoms with Crippen LogP contribution in [0.4, 0.5) is 0 Å². The third-order valence-corrected chi connectivity index (χ3v) is 9.40. The van der Waals surface area contributed by atoms with E-state index in [1.807, 2.05) is 6.08 Å². The van der Waals surface area contributed by atoms with Crippen LogP contribution in [0, 0.1) is 0 Å². The summed E-state index contributed by atoms with van der Waals surface area (Å²) < 4.78 is 0. The summed E-state index contributed by atoms with van der Waals surface area (Å²) in [4.78, 5) is 21.3. The molecule has 2 aliphatic heterocycles. The summed E-state index contributed by atoms with van der Waals surface area (Å²) in [5.41, 5.74) is 19.0. The number of aromatic nitrogens is 4. The summed E-state index contributed by atoms with van der Waals surface area (Å²) >= 11 is 0. The normalized spacial score (nSPS) is 13.5. The molecule has 2 aliphatic rings. The van der Waals surface area contributed by atoms with Crippen LogP contribution in [0.3, 0.4) is 0 Å². The van der Waals surface area contributed by atoms with Gasteiger partial charge in [0.2, 0.25) is 0 Å². The van der Waals surface area contributed by atoms with Crippen LogP contribution in [0.15, 0.2) is 29.4 Å². The summed E-state index contributed by atoms with van der Waals surface area (Å²) in [6, 6.07) is 6.63. The molecule has 0 spiro atoms. The average Bonchev–Trinajstić information content (AvgIpc) is 3.78. The fraction of sp³-hybridized carbons (Fsp3) is 0.410. The first-order valence-corrected chi connectivity index (χ1v) is 16.9. The second kappa shape index (κ2) is 15.3. The molecule has 5 rings (SSSR count). The molecular formula is C39H47N5NiO. The van der Waals surface area contributed by atoms with Crippen molar-refractivity contribution in [2.75, 3.05) is 0 Å². The van der Waals surface area contributed by atoms with Crippen LogP contribution in [-0.4, -0.2) is 21.4 Å². The fourth-order valence-electron chi connectivity index (χ4n) is 7.38. The smallest absolute Gasteiger partial charge is 0.657 e. The molecule has 0 amide bonds. The molecule has 0 aliphatic carbocycles. The Labute approximate surface area is 284 Å². The Morgan fingerprint density at radius 2 is 1.02 bits per heavy atom. The molecule has 46 heavy (non-hydrogen) atoms. The van der Waals surface area contributed by atoms with Crippen molar-refractivity contribution in [1.29, 1.82) is 0 Å². The summed E-state index contributed by atoms with van der Waals surface area (Å²) in [5.74, 6) is 0. The van der Waals surface area contributed by atoms with Crippen molar-refractivity contribution in [2.24, 2.45) is 5.16 Å². The molecule has 5 heterocycles. The second-order valence-electron chi connectivity index (χ2n) is 11.6. The Kier molecular flexibility index (Phi) is 11.7. The van der Waals surface area contributed by atoms with E-state index in [1.54, 1.807) is 6.08 Å². The summed E-state index contributed by atoms with van der Waals surface area (Å²) in [6.07, 6.45) is 12.2. The topological polar surface area (TPSA) is 86.6 Å². The van der Waals surface area contributed by atoms with Crippen LogP contribution in [0.2, 0.25) is 0 Å². The van der Waals surface area contributed by atoms with E-state index in [1.165, 1.54) is 50.8 Å². The quantitative estimate of drug-likeness (QED) is 0.101. The van der Waals surface area contributed by atoms with Gasteiger partial charge in [0.1, 0.15) is 0 Å². The molecule has 244 valence electrons. The van der Waals surface area contributed by atoms with Crippen LogP contribution < -0.4 is 9.97 Å². The van der Waals surface area contributed by atoms with Crippen LogP contribution >= 0.6 is 0 Å². The Morgan fingerprint density at radius 1 is 0.587 bits per heavy atom. The maximum absolute atomic E-state index is 9.24. The van der Waals surface area contributed by atoms with Crippen LogP contribution in [-0.2, 0) is 42.2 Å². The molecule has 0 radical (unpaired) electrons. The zero-order valence-corrected chi connectivity index (χ0v) is 29.6. The molecular weight excluding hydrogens is 613 g/mol. The van der Waals surface area contributed by atoms with Gasteiger partial charge >= 0.3 is 16.5 Å². The van der Waals surface area contributed by atoms with Crippen LogP contribution in [0.25, 0.3) is 50.4 Å². The molecule has 0 saturated carbocycles. The predicted octanol–water partition coefficient (Wildman–Crippen LogP) is 9.75. The number of hydrogen-bond acceptors (Lipinski definition) is 4. The van der Waals surface area contributed by atoms with Crippen molar-refractivity contribution >= 4 is 56.6 Å². The van der Waals surface area contributed by atoms with Crippen molar-refractivity contribution in [3.05, 3.63) is 74.9 Å². The van der Waals surface area contributed by atoms with Gasteiger partial charge in [0.15, 0.2) is 0 Å². The van der Waals surface area contributed by atoms with E-state index in [9.17, 15) is 5.21 Å². The maximum atomic E-state index is 9.24. The summed E-state index contributed by atoms with van der Waals surface area (Å²) in [6.45, 7) is 17.7. The Balaban J connectivity index is 0.00000480. The van der Waals surface area contributed by atoms with E-state index in [0.29, 0.717) is 0 Å². The second-order valence-corrected chi connectivity index (χ2v) is 11.6. The number of fused-ring (bicyclic) bond motifs is 8. The summed E-state index contributed by atoms with van der Waals surface area (Å²) in [7, 11) is 0. The fourth-order valence-corrected chi connectivity index (χ4v) is 7.38. The van der Waals surface area contributed by atoms with Crippen LogP contribution in [0.1, 0.15) is 132 Å². The first-order chi connectivity index (χ1) is 21.9. The Bertz CT molecular complexity index is 1900. The Hall–Kier alpha value is -3.70. The monoisotopic (exact) mass is 659 g/mol. The van der Waals surface area contributed by atoms with Gasteiger partial charge in [-0.25, -0.2) is 9.97 Å². The third-order valence-electron chi connectivity index (χ3n) is 9.40. The van der Waals surface area contributed by atoms with E-state index in [2.05, 4.69) is 78.7 Å². The van der Waals surface area contributed by atoms with Gasteiger partial charge in [0.05, 0.1) is 29.0 Å². The van der Waals surface area contributed by atoms with Gasteiger partial charge < -0.3 is 15.2 Å². The number of aryl methyl sites for hydroxylation is 4. The minimum absolute atomic E-state index is 0. The summed E-state index contributed by atoms with van der Waals surface area (Å²) in [5, 5.41) is 12.5.